The number of rotatable bonds is 3. The minimum absolute atomic E-state index is 0.0839. The maximum atomic E-state index is 13.2. The van der Waals surface area contributed by atoms with E-state index in [9.17, 15) is 9.18 Å². The predicted octanol–water partition coefficient (Wildman–Crippen LogP) is 4.98. The van der Waals surface area contributed by atoms with Crippen molar-refractivity contribution in [2.45, 2.75) is 13.3 Å². The molecule has 0 radical (unpaired) electrons. The van der Waals surface area contributed by atoms with Gasteiger partial charge in [0, 0.05) is 21.5 Å². The SMILES string of the molecule is Cc1ccc(C(=O)Cc2cc(F)cc(Br)c2)cc1Cl. The second-order valence-electron chi connectivity index (χ2n) is 4.34. The van der Waals surface area contributed by atoms with Gasteiger partial charge in [-0.25, -0.2) is 4.39 Å². The van der Waals surface area contributed by atoms with Gasteiger partial charge in [-0.15, -0.1) is 0 Å². The van der Waals surface area contributed by atoms with E-state index in [1.54, 1.807) is 24.3 Å². The molecule has 0 atom stereocenters. The van der Waals surface area contributed by atoms with Gasteiger partial charge in [-0.3, -0.25) is 4.79 Å². The summed E-state index contributed by atoms with van der Waals surface area (Å²) >= 11 is 9.20. The lowest BCUT2D eigenvalue weighted by Crippen LogP contribution is -2.04. The minimum Gasteiger partial charge on any atom is -0.294 e. The van der Waals surface area contributed by atoms with Crippen LogP contribution in [0.1, 0.15) is 21.5 Å². The van der Waals surface area contributed by atoms with E-state index in [2.05, 4.69) is 15.9 Å². The Hall–Kier alpha value is -1.19. The average Bonchev–Trinajstić information content (AvgIpc) is 2.31. The van der Waals surface area contributed by atoms with Gasteiger partial charge >= 0.3 is 0 Å². The Kier molecular flexibility index (Phi) is 4.38. The molecule has 19 heavy (non-hydrogen) atoms. The Labute approximate surface area is 124 Å². The van der Waals surface area contributed by atoms with Crippen molar-refractivity contribution in [3.05, 3.63) is 68.4 Å². The first-order chi connectivity index (χ1) is 8.95. The molecule has 1 nitrogen and oxygen atoms in total. The molecule has 0 bridgehead atoms. The third-order valence-electron chi connectivity index (χ3n) is 2.78. The van der Waals surface area contributed by atoms with Crippen LogP contribution >= 0.6 is 27.5 Å². The topological polar surface area (TPSA) is 17.1 Å². The minimum atomic E-state index is -0.362. The van der Waals surface area contributed by atoms with Crippen LogP contribution in [0.25, 0.3) is 0 Å². The number of hydrogen-bond acceptors (Lipinski definition) is 1. The third kappa shape index (κ3) is 3.64. The molecule has 0 aromatic heterocycles. The van der Waals surface area contributed by atoms with Gasteiger partial charge in [0.1, 0.15) is 5.82 Å². The highest BCUT2D eigenvalue weighted by atomic mass is 79.9. The second-order valence-corrected chi connectivity index (χ2v) is 5.66. The maximum absolute atomic E-state index is 13.2. The van der Waals surface area contributed by atoms with E-state index in [0.29, 0.717) is 20.6 Å². The smallest absolute Gasteiger partial charge is 0.167 e. The molecule has 0 aliphatic rings. The van der Waals surface area contributed by atoms with Crippen molar-refractivity contribution in [3.8, 4) is 0 Å². The van der Waals surface area contributed by atoms with Crippen LogP contribution < -0.4 is 0 Å². The van der Waals surface area contributed by atoms with E-state index in [-0.39, 0.29) is 18.0 Å². The lowest BCUT2D eigenvalue weighted by Gasteiger charge is -2.05. The first kappa shape index (κ1) is 14.2. The molecule has 0 spiro atoms. The van der Waals surface area contributed by atoms with Gasteiger partial charge in [0.15, 0.2) is 5.78 Å². The van der Waals surface area contributed by atoms with Crippen LogP contribution in [0.4, 0.5) is 4.39 Å². The molecular weight excluding hydrogens is 331 g/mol. The predicted molar refractivity (Wildman–Crippen MR) is 78.3 cm³/mol. The molecule has 0 saturated heterocycles. The number of carbonyl (C=O) groups excluding carboxylic acids is 1. The Morgan fingerprint density at radius 2 is 2.00 bits per heavy atom. The number of Topliss-reactive ketones (excluding diaryl/α,β-unsaturated/α-hetero) is 1. The zero-order valence-electron chi connectivity index (χ0n) is 10.2. The summed E-state index contributed by atoms with van der Waals surface area (Å²) in [6.07, 6.45) is 0.149. The van der Waals surface area contributed by atoms with E-state index in [1.165, 1.54) is 12.1 Å². The number of halogens is 3. The van der Waals surface area contributed by atoms with Crippen molar-refractivity contribution < 1.29 is 9.18 Å². The van der Waals surface area contributed by atoms with Gasteiger partial charge in [-0.05, 0) is 42.3 Å². The van der Waals surface area contributed by atoms with E-state index in [1.807, 2.05) is 6.92 Å². The molecule has 4 heteroatoms. The fraction of sp³-hybridized carbons (Fsp3) is 0.133. The standard InChI is InChI=1S/C15H11BrClFO/c1-9-2-3-11(7-14(9)17)15(19)6-10-4-12(16)8-13(18)5-10/h2-5,7-8H,6H2,1H3. The average molecular weight is 342 g/mol. The number of carbonyl (C=O) groups is 1. The van der Waals surface area contributed by atoms with Gasteiger partial charge in [0.05, 0.1) is 0 Å². The Bertz CT molecular complexity index is 620. The lowest BCUT2D eigenvalue weighted by molar-refractivity contribution is 0.0993. The van der Waals surface area contributed by atoms with Crippen molar-refractivity contribution in [1.82, 2.24) is 0 Å². The molecule has 0 aliphatic heterocycles. The van der Waals surface area contributed by atoms with E-state index in [4.69, 9.17) is 11.6 Å². The quantitative estimate of drug-likeness (QED) is 0.720. The van der Waals surface area contributed by atoms with E-state index >= 15 is 0 Å². The zero-order valence-corrected chi connectivity index (χ0v) is 12.6. The van der Waals surface area contributed by atoms with E-state index < -0.39 is 0 Å². The molecule has 0 heterocycles. The van der Waals surface area contributed by atoms with Gasteiger partial charge in [-0.1, -0.05) is 39.7 Å². The molecule has 0 amide bonds. The van der Waals surface area contributed by atoms with Gasteiger partial charge in [0.2, 0.25) is 0 Å². The fourth-order valence-electron chi connectivity index (χ4n) is 1.77. The molecule has 0 fully saturated rings. The molecular formula is C15H11BrClFO. The zero-order chi connectivity index (χ0) is 14.0. The molecule has 98 valence electrons. The molecule has 0 N–H and O–H groups in total. The van der Waals surface area contributed by atoms with Crippen LogP contribution in [-0.2, 0) is 6.42 Å². The monoisotopic (exact) mass is 340 g/mol. The summed E-state index contributed by atoms with van der Waals surface area (Å²) in [6, 6.07) is 9.63. The lowest BCUT2D eigenvalue weighted by atomic mass is 10.0. The van der Waals surface area contributed by atoms with Gasteiger partial charge in [0.25, 0.3) is 0 Å². The largest absolute Gasteiger partial charge is 0.294 e. The normalized spacial score (nSPS) is 10.5. The van der Waals surface area contributed by atoms with Crippen molar-refractivity contribution in [2.24, 2.45) is 0 Å². The number of aryl methyl sites for hydroxylation is 1. The van der Waals surface area contributed by atoms with Gasteiger partial charge < -0.3 is 0 Å². The Balaban J connectivity index is 2.22. The Morgan fingerprint density at radius 1 is 1.26 bits per heavy atom. The van der Waals surface area contributed by atoms with Crippen LogP contribution in [0.15, 0.2) is 40.9 Å². The van der Waals surface area contributed by atoms with E-state index in [0.717, 1.165) is 5.56 Å². The Morgan fingerprint density at radius 3 is 2.63 bits per heavy atom. The van der Waals surface area contributed by atoms with Crippen molar-refractivity contribution in [3.63, 3.8) is 0 Å². The maximum Gasteiger partial charge on any atom is 0.167 e. The third-order valence-corrected chi connectivity index (χ3v) is 3.65. The first-order valence-electron chi connectivity index (χ1n) is 5.70. The highest BCUT2D eigenvalue weighted by Crippen LogP contribution is 2.20. The first-order valence-corrected chi connectivity index (χ1v) is 6.87. The number of ketones is 1. The highest BCUT2D eigenvalue weighted by Gasteiger charge is 2.10. The van der Waals surface area contributed by atoms with Gasteiger partial charge in [-0.2, -0.15) is 0 Å². The summed E-state index contributed by atoms with van der Waals surface area (Å²) in [5.74, 6) is -0.446. The van der Waals surface area contributed by atoms with Crippen molar-refractivity contribution in [2.75, 3.05) is 0 Å². The summed E-state index contributed by atoms with van der Waals surface area (Å²) in [5, 5.41) is 0.561. The van der Waals surface area contributed by atoms with Crippen LogP contribution in [0.3, 0.4) is 0 Å². The summed E-state index contributed by atoms with van der Waals surface area (Å²) in [4.78, 5) is 12.1. The van der Waals surface area contributed by atoms with Crippen LogP contribution in [0, 0.1) is 12.7 Å². The molecule has 2 rings (SSSR count). The molecule has 0 unspecified atom stereocenters. The fourth-order valence-corrected chi connectivity index (χ4v) is 2.46. The molecule has 2 aromatic carbocycles. The number of benzene rings is 2. The van der Waals surface area contributed by atoms with Crippen LogP contribution in [0.2, 0.25) is 5.02 Å². The van der Waals surface area contributed by atoms with Crippen molar-refractivity contribution in [1.29, 1.82) is 0 Å². The number of hydrogen-bond donors (Lipinski definition) is 0. The summed E-state index contributed by atoms with van der Waals surface area (Å²) in [5.41, 5.74) is 2.09. The molecule has 0 aliphatic carbocycles. The molecule has 0 saturated carbocycles. The summed E-state index contributed by atoms with van der Waals surface area (Å²) in [7, 11) is 0. The van der Waals surface area contributed by atoms with Crippen LogP contribution in [0.5, 0.6) is 0 Å². The van der Waals surface area contributed by atoms with Crippen LogP contribution in [-0.4, -0.2) is 5.78 Å². The van der Waals surface area contributed by atoms with Crippen molar-refractivity contribution >= 4 is 33.3 Å². The molecule has 2 aromatic rings. The summed E-state index contributed by atoms with van der Waals surface area (Å²) < 4.78 is 13.9. The highest BCUT2D eigenvalue weighted by molar-refractivity contribution is 9.10. The second kappa shape index (κ2) is 5.85. The summed E-state index contributed by atoms with van der Waals surface area (Å²) in [6.45, 7) is 1.88.